The summed E-state index contributed by atoms with van der Waals surface area (Å²) >= 11 is 1.12. The topological polar surface area (TPSA) is 100 Å². The van der Waals surface area contributed by atoms with Gasteiger partial charge in [0.25, 0.3) is 11.8 Å². The Labute approximate surface area is 183 Å². The van der Waals surface area contributed by atoms with Gasteiger partial charge in [-0.3, -0.25) is 14.5 Å². The normalized spacial score (nSPS) is 15.9. The van der Waals surface area contributed by atoms with Crippen molar-refractivity contribution in [1.82, 2.24) is 10.3 Å². The number of rotatable bonds is 7. The van der Waals surface area contributed by atoms with Crippen molar-refractivity contribution in [1.29, 1.82) is 0 Å². The molecule has 2 aromatic rings. The van der Waals surface area contributed by atoms with Crippen LogP contribution in [0.3, 0.4) is 0 Å². The number of para-hydroxylation sites is 1. The van der Waals surface area contributed by atoms with Crippen molar-refractivity contribution in [3.05, 3.63) is 71.2 Å². The first-order chi connectivity index (χ1) is 15.0. The molecule has 1 saturated heterocycles. The minimum absolute atomic E-state index is 0.0811. The fourth-order valence-electron chi connectivity index (χ4n) is 2.80. The molecular weight excluding hydrogens is 418 g/mol. The molecule has 1 aliphatic heterocycles. The van der Waals surface area contributed by atoms with Crippen LogP contribution in [-0.2, 0) is 4.79 Å². The SMILES string of the molecule is C=CCN1C(=O)/C(=C/c2ccc(OC)c(OC)c2)S/C1=N/NC(=O)c1ccccc1O. The fraction of sp³-hybridized carbons (Fsp3) is 0.136. The Morgan fingerprint density at radius 2 is 1.97 bits per heavy atom. The molecular formula is C22H21N3O5S. The van der Waals surface area contributed by atoms with Crippen LogP contribution >= 0.6 is 11.8 Å². The number of amides is 2. The maximum Gasteiger partial charge on any atom is 0.275 e. The van der Waals surface area contributed by atoms with E-state index in [2.05, 4.69) is 17.1 Å². The van der Waals surface area contributed by atoms with E-state index in [0.29, 0.717) is 21.6 Å². The highest BCUT2D eigenvalue weighted by molar-refractivity contribution is 8.18. The van der Waals surface area contributed by atoms with Crippen LogP contribution in [0.4, 0.5) is 0 Å². The van der Waals surface area contributed by atoms with Gasteiger partial charge < -0.3 is 14.6 Å². The molecule has 0 radical (unpaired) electrons. The van der Waals surface area contributed by atoms with Gasteiger partial charge in [0, 0.05) is 6.54 Å². The zero-order valence-corrected chi connectivity index (χ0v) is 17.8. The Kier molecular flexibility index (Phi) is 6.99. The number of carbonyl (C=O) groups is 2. The number of nitrogens with zero attached hydrogens (tertiary/aromatic N) is 2. The second-order valence-corrected chi connectivity index (χ2v) is 7.29. The van der Waals surface area contributed by atoms with Gasteiger partial charge in [-0.2, -0.15) is 0 Å². The van der Waals surface area contributed by atoms with Crippen molar-refractivity contribution in [2.24, 2.45) is 5.10 Å². The fourth-order valence-corrected chi connectivity index (χ4v) is 3.75. The summed E-state index contributed by atoms with van der Waals surface area (Å²) < 4.78 is 10.5. The Hall–Kier alpha value is -3.72. The molecule has 0 bridgehead atoms. The molecule has 0 spiro atoms. The first kappa shape index (κ1) is 22.0. The predicted molar refractivity (Wildman–Crippen MR) is 120 cm³/mol. The number of benzene rings is 2. The Morgan fingerprint density at radius 3 is 2.65 bits per heavy atom. The van der Waals surface area contributed by atoms with Gasteiger partial charge in [-0.15, -0.1) is 11.7 Å². The first-order valence-electron chi connectivity index (χ1n) is 9.18. The summed E-state index contributed by atoms with van der Waals surface area (Å²) in [5.74, 6) is 0.105. The lowest BCUT2D eigenvalue weighted by molar-refractivity contribution is -0.121. The highest BCUT2D eigenvalue weighted by atomic mass is 32.2. The molecule has 1 aliphatic rings. The number of methoxy groups -OCH3 is 2. The Morgan fingerprint density at radius 1 is 1.23 bits per heavy atom. The Bertz CT molecular complexity index is 1080. The number of phenols is 1. The van der Waals surface area contributed by atoms with Crippen LogP contribution in [0.5, 0.6) is 17.2 Å². The zero-order valence-electron chi connectivity index (χ0n) is 17.0. The molecule has 8 nitrogen and oxygen atoms in total. The summed E-state index contributed by atoms with van der Waals surface area (Å²) in [6.07, 6.45) is 3.27. The van der Waals surface area contributed by atoms with E-state index in [0.717, 1.165) is 17.3 Å². The van der Waals surface area contributed by atoms with E-state index in [-0.39, 0.29) is 23.8 Å². The number of hydrazone groups is 1. The van der Waals surface area contributed by atoms with E-state index in [9.17, 15) is 14.7 Å². The average molecular weight is 439 g/mol. The van der Waals surface area contributed by atoms with Crippen LogP contribution in [0.15, 0.2) is 65.1 Å². The van der Waals surface area contributed by atoms with Crippen LogP contribution < -0.4 is 14.9 Å². The summed E-state index contributed by atoms with van der Waals surface area (Å²) in [4.78, 5) is 27.0. The molecule has 9 heteroatoms. The smallest absolute Gasteiger partial charge is 0.275 e. The minimum atomic E-state index is -0.588. The lowest BCUT2D eigenvalue weighted by Crippen LogP contribution is -2.31. The number of amidine groups is 1. The molecule has 0 saturated carbocycles. The van der Waals surface area contributed by atoms with Crippen LogP contribution in [0.25, 0.3) is 6.08 Å². The van der Waals surface area contributed by atoms with Gasteiger partial charge in [0.1, 0.15) is 5.75 Å². The molecule has 0 aromatic heterocycles. The largest absolute Gasteiger partial charge is 0.507 e. The number of hydrogen-bond acceptors (Lipinski definition) is 7. The van der Waals surface area contributed by atoms with Crippen molar-refractivity contribution >= 4 is 34.8 Å². The van der Waals surface area contributed by atoms with Gasteiger partial charge in [-0.05, 0) is 47.7 Å². The van der Waals surface area contributed by atoms with E-state index >= 15 is 0 Å². The zero-order chi connectivity index (χ0) is 22.4. The molecule has 3 rings (SSSR count). The molecule has 160 valence electrons. The van der Waals surface area contributed by atoms with Gasteiger partial charge >= 0.3 is 0 Å². The van der Waals surface area contributed by atoms with Crippen LogP contribution in [0, 0.1) is 0 Å². The van der Waals surface area contributed by atoms with E-state index in [1.165, 1.54) is 24.1 Å². The van der Waals surface area contributed by atoms with Crippen LogP contribution in [0.2, 0.25) is 0 Å². The maximum absolute atomic E-state index is 12.9. The number of hydrogen-bond donors (Lipinski definition) is 2. The molecule has 0 unspecified atom stereocenters. The predicted octanol–water partition coefficient (Wildman–Crippen LogP) is 3.21. The third-order valence-electron chi connectivity index (χ3n) is 4.31. The monoisotopic (exact) mass is 439 g/mol. The van der Waals surface area contributed by atoms with Crippen molar-refractivity contribution in [3.63, 3.8) is 0 Å². The van der Waals surface area contributed by atoms with Crippen molar-refractivity contribution in [3.8, 4) is 17.2 Å². The summed E-state index contributed by atoms with van der Waals surface area (Å²) in [5.41, 5.74) is 3.21. The van der Waals surface area contributed by atoms with Gasteiger partial charge in [-0.1, -0.05) is 24.3 Å². The summed E-state index contributed by atoms with van der Waals surface area (Å²) in [7, 11) is 3.08. The van der Waals surface area contributed by atoms with Crippen molar-refractivity contribution < 1.29 is 24.2 Å². The highest BCUT2D eigenvalue weighted by Gasteiger charge is 2.33. The number of aromatic hydroxyl groups is 1. The number of nitrogens with one attached hydrogen (secondary N) is 1. The Balaban J connectivity index is 1.85. The van der Waals surface area contributed by atoms with Crippen molar-refractivity contribution in [2.45, 2.75) is 0 Å². The minimum Gasteiger partial charge on any atom is -0.507 e. The number of phenolic OH excluding ortho intramolecular Hbond substituents is 1. The second-order valence-electron chi connectivity index (χ2n) is 6.28. The summed E-state index contributed by atoms with van der Waals surface area (Å²) in [5, 5.41) is 14.2. The standard InChI is InChI=1S/C22H21N3O5S/c1-4-11-25-21(28)19(13-14-9-10-17(29-2)18(12-14)30-3)31-22(25)24-23-20(27)15-7-5-6-8-16(15)26/h4-10,12-13,26H,1,11H2,2-3H3,(H,23,27)/b19-13-,24-22+. The van der Waals surface area contributed by atoms with E-state index in [1.807, 2.05) is 0 Å². The molecule has 31 heavy (non-hydrogen) atoms. The van der Waals surface area contributed by atoms with E-state index in [4.69, 9.17) is 9.47 Å². The number of ether oxygens (including phenoxy) is 2. The molecule has 0 aliphatic carbocycles. The van der Waals surface area contributed by atoms with Gasteiger partial charge in [0.15, 0.2) is 16.7 Å². The van der Waals surface area contributed by atoms with Gasteiger partial charge in [0.05, 0.1) is 24.7 Å². The molecule has 0 atom stereocenters. The molecule has 2 amide bonds. The van der Waals surface area contributed by atoms with Gasteiger partial charge in [-0.25, -0.2) is 5.43 Å². The molecule has 1 heterocycles. The van der Waals surface area contributed by atoms with E-state index in [1.54, 1.807) is 49.6 Å². The molecule has 2 N–H and O–H groups in total. The third kappa shape index (κ3) is 4.89. The van der Waals surface area contributed by atoms with Crippen LogP contribution in [-0.4, -0.2) is 47.8 Å². The summed E-state index contributed by atoms with van der Waals surface area (Å²) in [6.45, 7) is 3.89. The quantitative estimate of drug-likeness (QED) is 0.390. The van der Waals surface area contributed by atoms with Crippen LogP contribution in [0.1, 0.15) is 15.9 Å². The lowest BCUT2D eigenvalue weighted by Gasteiger charge is -2.12. The second kappa shape index (κ2) is 9.86. The molecule has 1 fully saturated rings. The van der Waals surface area contributed by atoms with Crippen molar-refractivity contribution in [2.75, 3.05) is 20.8 Å². The maximum atomic E-state index is 12.9. The third-order valence-corrected chi connectivity index (χ3v) is 5.31. The van der Waals surface area contributed by atoms with E-state index < -0.39 is 5.91 Å². The summed E-state index contributed by atoms with van der Waals surface area (Å²) in [6, 6.07) is 11.4. The number of thioether (sulfide) groups is 1. The molecule has 2 aromatic carbocycles. The average Bonchev–Trinajstić information content (AvgIpc) is 3.07. The van der Waals surface area contributed by atoms with Gasteiger partial charge in [0.2, 0.25) is 0 Å². The lowest BCUT2D eigenvalue weighted by atomic mass is 10.2. The first-order valence-corrected chi connectivity index (χ1v) is 10.0. The highest BCUT2D eigenvalue weighted by Crippen LogP contribution is 2.34. The number of carbonyl (C=O) groups excluding carboxylic acids is 2.